The monoisotopic (exact) mass is 275 g/mol. The molecule has 0 saturated carbocycles. The second-order valence-electron chi connectivity index (χ2n) is 3.83. The third-order valence-electron chi connectivity index (χ3n) is 2.49. The number of rotatable bonds is 4. The smallest absolute Gasteiger partial charge is 0.314 e. The van der Waals surface area contributed by atoms with Gasteiger partial charge in [0.1, 0.15) is 11.4 Å². The van der Waals surface area contributed by atoms with Gasteiger partial charge in [0.15, 0.2) is 0 Å². The zero-order valence-electron chi connectivity index (χ0n) is 9.66. The first-order valence-electron chi connectivity index (χ1n) is 5.48. The summed E-state index contributed by atoms with van der Waals surface area (Å²) in [5.74, 6) is -0.673. The number of carboxylic acid groups (broad SMARTS) is 1. The molecule has 0 aliphatic carbocycles. The Morgan fingerprint density at radius 1 is 1.37 bits per heavy atom. The summed E-state index contributed by atoms with van der Waals surface area (Å²) in [6.07, 6.45) is 0. The number of carbonyl (C=O) groups is 1. The molecular formula is C12H9N3O3S. The lowest BCUT2D eigenvalue weighted by molar-refractivity contribution is -0.133. The van der Waals surface area contributed by atoms with E-state index < -0.39 is 5.97 Å². The number of H-pyrrole nitrogens is 1. The Morgan fingerprint density at radius 3 is 3.00 bits per heavy atom. The summed E-state index contributed by atoms with van der Waals surface area (Å²) in [5.41, 5.74) is 1.70. The molecule has 0 radical (unpaired) electrons. The van der Waals surface area contributed by atoms with Gasteiger partial charge in [0.05, 0.1) is 0 Å². The zero-order chi connectivity index (χ0) is 13.2. The van der Waals surface area contributed by atoms with Crippen LogP contribution < -0.4 is 0 Å². The minimum Gasteiger partial charge on any atom is -0.481 e. The van der Waals surface area contributed by atoms with E-state index in [4.69, 9.17) is 9.52 Å². The summed E-state index contributed by atoms with van der Waals surface area (Å²) in [4.78, 5) is 13.6. The largest absolute Gasteiger partial charge is 0.481 e. The molecule has 0 aliphatic heterocycles. The first kappa shape index (κ1) is 11.8. The van der Waals surface area contributed by atoms with Gasteiger partial charge in [-0.05, 0) is 12.1 Å². The van der Waals surface area contributed by atoms with Gasteiger partial charge in [-0.15, -0.1) is 10.2 Å². The quantitative estimate of drug-likeness (QED) is 0.710. The fourth-order valence-electron chi connectivity index (χ4n) is 1.69. The number of benzene rings is 1. The third-order valence-corrected chi connectivity index (χ3v) is 3.29. The number of fused-ring (bicyclic) bond motifs is 1. The molecule has 1 aromatic carbocycles. The summed E-state index contributed by atoms with van der Waals surface area (Å²) in [5, 5.41) is 17.6. The lowest BCUT2D eigenvalue weighted by Crippen LogP contribution is -1.97. The van der Waals surface area contributed by atoms with Crippen LogP contribution in [0.4, 0.5) is 0 Å². The van der Waals surface area contributed by atoms with Gasteiger partial charge < -0.3 is 14.5 Å². The second-order valence-corrected chi connectivity index (χ2v) is 4.75. The van der Waals surface area contributed by atoms with E-state index in [9.17, 15) is 4.79 Å². The maximum atomic E-state index is 10.4. The minimum atomic E-state index is -0.921. The van der Waals surface area contributed by atoms with E-state index in [0.717, 1.165) is 28.4 Å². The Morgan fingerprint density at radius 2 is 2.21 bits per heavy atom. The van der Waals surface area contributed by atoms with Crippen molar-refractivity contribution >= 4 is 28.6 Å². The van der Waals surface area contributed by atoms with Crippen molar-refractivity contribution in [2.45, 2.75) is 5.22 Å². The molecule has 0 amide bonds. The van der Waals surface area contributed by atoms with Gasteiger partial charge in [0.25, 0.3) is 11.1 Å². The van der Waals surface area contributed by atoms with Gasteiger partial charge in [0.2, 0.25) is 0 Å². The lowest BCUT2D eigenvalue weighted by atomic mass is 10.2. The Bertz CT molecular complexity index is 701. The van der Waals surface area contributed by atoms with E-state index in [1.165, 1.54) is 0 Å². The van der Waals surface area contributed by atoms with E-state index in [2.05, 4.69) is 15.2 Å². The molecule has 0 unspecified atom stereocenters. The topological polar surface area (TPSA) is 92.0 Å². The van der Waals surface area contributed by atoms with Crippen molar-refractivity contribution in [3.63, 3.8) is 0 Å². The highest BCUT2D eigenvalue weighted by Gasteiger charge is 2.12. The standard InChI is InChI=1S/C12H9N3O3S/c16-10(17)6-19-12-15-14-11(18-12)9-5-7-3-1-2-4-8(7)13-9/h1-5,13H,6H2,(H,16,17). The van der Waals surface area contributed by atoms with E-state index in [1.807, 2.05) is 30.3 Å². The van der Waals surface area contributed by atoms with Crippen LogP contribution in [0.1, 0.15) is 0 Å². The highest BCUT2D eigenvalue weighted by Crippen LogP contribution is 2.25. The molecule has 0 fully saturated rings. The molecule has 0 bridgehead atoms. The summed E-state index contributed by atoms with van der Waals surface area (Å²) in [6.45, 7) is 0. The summed E-state index contributed by atoms with van der Waals surface area (Å²) in [7, 11) is 0. The van der Waals surface area contributed by atoms with Gasteiger partial charge in [-0.3, -0.25) is 4.79 Å². The van der Waals surface area contributed by atoms with Crippen LogP contribution in [0.15, 0.2) is 40.0 Å². The Balaban J connectivity index is 1.87. The molecule has 2 aromatic heterocycles. The molecule has 3 rings (SSSR count). The maximum Gasteiger partial charge on any atom is 0.314 e. The average Bonchev–Trinajstić information content (AvgIpc) is 3.02. The molecule has 6 nitrogen and oxygen atoms in total. The SMILES string of the molecule is O=C(O)CSc1nnc(-c2cc3ccccc3[nH]2)o1. The average molecular weight is 275 g/mol. The second kappa shape index (κ2) is 4.77. The first-order chi connectivity index (χ1) is 9.22. The van der Waals surface area contributed by atoms with Crippen molar-refractivity contribution < 1.29 is 14.3 Å². The zero-order valence-corrected chi connectivity index (χ0v) is 10.5. The number of para-hydroxylation sites is 1. The van der Waals surface area contributed by atoms with Gasteiger partial charge in [0, 0.05) is 10.9 Å². The van der Waals surface area contributed by atoms with Gasteiger partial charge >= 0.3 is 5.97 Å². The third kappa shape index (κ3) is 2.45. The molecule has 2 N–H and O–H groups in total. The molecule has 0 saturated heterocycles. The van der Waals surface area contributed by atoms with Gasteiger partial charge in [-0.2, -0.15) is 0 Å². The molecule has 0 atom stereocenters. The van der Waals surface area contributed by atoms with E-state index >= 15 is 0 Å². The molecule has 7 heteroatoms. The van der Waals surface area contributed by atoms with Gasteiger partial charge in [-0.25, -0.2) is 0 Å². The van der Waals surface area contributed by atoms with Crippen molar-refractivity contribution in [1.29, 1.82) is 0 Å². The predicted molar refractivity (Wildman–Crippen MR) is 70.0 cm³/mol. The Hall–Kier alpha value is -2.28. The number of carboxylic acids is 1. The van der Waals surface area contributed by atoms with Crippen molar-refractivity contribution in [3.8, 4) is 11.6 Å². The molecule has 96 valence electrons. The molecule has 19 heavy (non-hydrogen) atoms. The van der Waals surface area contributed by atoms with Crippen LogP contribution in [0.25, 0.3) is 22.5 Å². The predicted octanol–water partition coefficient (Wildman–Crippen LogP) is 2.39. The Kier molecular flexibility index (Phi) is 2.96. The fraction of sp³-hybridized carbons (Fsp3) is 0.0833. The van der Waals surface area contributed by atoms with Crippen molar-refractivity contribution in [2.24, 2.45) is 0 Å². The van der Waals surface area contributed by atoms with Crippen LogP contribution in [0.2, 0.25) is 0 Å². The number of hydrogen-bond acceptors (Lipinski definition) is 5. The summed E-state index contributed by atoms with van der Waals surface area (Å²) < 4.78 is 5.40. The number of thioether (sulfide) groups is 1. The van der Waals surface area contributed by atoms with E-state index in [-0.39, 0.29) is 11.0 Å². The van der Waals surface area contributed by atoms with Crippen LogP contribution in [-0.2, 0) is 4.79 Å². The van der Waals surface area contributed by atoms with Crippen LogP contribution >= 0.6 is 11.8 Å². The van der Waals surface area contributed by atoms with Crippen LogP contribution in [0, 0.1) is 0 Å². The maximum absolute atomic E-state index is 10.4. The number of hydrogen-bond donors (Lipinski definition) is 2. The number of nitrogens with one attached hydrogen (secondary N) is 1. The molecule has 3 aromatic rings. The van der Waals surface area contributed by atoms with E-state index in [0.29, 0.717) is 5.89 Å². The number of aromatic nitrogens is 3. The highest BCUT2D eigenvalue weighted by atomic mass is 32.2. The number of aromatic amines is 1. The summed E-state index contributed by atoms with van der Waals surface area (Å²) in [6, 6.07) is 9.72. The van der Waals surface area contributed by atoms with Crippen molar-refractivity contribution in [2.75, 3.05) is 5.75 Å². The minimum absolute atomic E-state index is 0.103. The molecular weight excluding hydrogens is 266 g/mol. The van der Waals surface area contributed by atoms with Crippen molar-refractivity contribution in [3.05, 3.63) is 30.3 Å². The molecule has 0 aliphatic rings. The molecule has 0 spiro atoms. The molecule has 2 heterocycles. The summed E-state index contributed by atoms with van der Waals surface area (Å²) >= 11 is 0.997. The normalized spacial score (nSPS) is 10.9. The Labute approximate surface area is 111 Å². The highest BCUT2D eigenvalue weighted by molar-refractivity contribution is 7.99. The lowest BCUT2D eigenvalue weighted by Gasteiger charge is -1.89. The van der Waals surface area contributed by atoms with E-state index in [1.54, 1.807) is 0 Å². The first-order valence-corrected chi connectivity index (χ1v) is 6.47. The van der Waals surface area contributed by atoms with Crippen LogP contribution in [0.5, 0.6) is 0 Å². The van der Waals surface area contributed by atoms with Crippen LogP contribution in [-0.4, -0.2) is 32.0 Å². The fourth-order valence-corrected chi connectivity index (χ4v) is 2.17. The van der Waals surface area contributed by atoms with Crippen molar-refractivity contribution in [1.82, 2.24) is 15.2 Å². The van der Waals surface area contributed by atoms with Crippen LogP contribution in [0.3, 0.4) is 0 Å². The number of aliphatic carboxylic acids is 1. The number of nitrogens with zero attached hydrogens (tertiary/aromatic N) is 2. The van der Waals surface area contributed by atoms with Gasteiger partial charge in [-0.1, -0.05) is 30.0 Å².